The highest BCUT2D eigenvalue weighted by atomic mass is 32.1. The van der Waals surface area contributed by atoms with Crippen LogP contribution in [-0.2, 0) is 6.54 Å². The van der Waals surface area contributed by atoms with E-state index in [1.54, 1.807) is 17.4 Å². The van der Waals surface area contributed by atoms with Gasteiger partial charge >= 0.3 is 0 Å². The summed E-state index contributed by atoms with van der Waals surface area (Å²) in [5, 5.41) is 7.35. The van der Waals surface area contributed by atoms with E-state index >= 15 is 0 Å². The number of anilines is 1. The van der Waals surface area contributed by atoms with Crippen LogP contribution in [0.5, 0.6) is 0 Å². The summed E-state index contributed by atoms with van der Waals surface area (Å²) in [6, 6.07) is 3.15. The molecule has 0 unspecified atom stereocenters. The summed E-state index contributed by atoms with van der Waals surface area (Å²) in [5.74, 6) is -0.456. The largest absolute Gasteiger partial charge is 0.381 e. The van der Waals surface area contributed by atoms with Gasteiger partial charge in [0, 0.05) is 24.5 Å². The first kappa shape index (κ1) is 10.1. The average Bonchev–Trinajstić information content (AvgIpc) is 2.61. The van der Waals surface area contributed by atoms with Crippen LogP contribution in [-0.4, -0.2) is 4.98 Å². The third-order valence-corrected chi connectivity index (χ3v) is 3.08. The molecule has 15 heavy (non-hydrogen) atoms. The summed E-state index contributed by atoms with van der Waals surface area (Å²) < 4.78 is 12.8. The highest BCUT2D eigenvalue weighted by Crippen LogP contribution is 2.15. The Kier molecular flexibility index (Phi) is 2.97. The van der Waals surface area contributed by atoms with Crippen LogP contribution >= 0.6 is 11.3 Å². The molecule has 2 aromatic heterocycles. The van der Waals surface area contributed by atoms with E-state index in [1.165, 1.54) is 23.4 Å². The number of nitrogens with one attached hydrogen (secondary N) is 1. The van der Waals surface area contributed by atoms with Crippen molar-refractivity contribution in [3.8, 4) is 0 Å². The molecule has 0 radical (unpaired) electrons. The van der Waals surface area contributed by atoms with Crippen LogP contribution in [0.15, 0.2) is 29.1 Å². The van der Waals surface area contributed by atoms with Crippen molar-refractivity contribution in [3.05, 3.63) is 46.2 Å². The van der Waals surface area contributed by atoms with E-state index in [9.17, 15) is 4.39 Å². The molecule has 2 nitrogen and oxygen atoms in total. The van der Waals surface area contributed by atoms with Crippen LogP contribution in [0.4, 0.5) is 10.1 Å². The number of hydrogen-bond acceptors (Lipinski definition) is 3. The van der Waals surface area contributed by atoms with Crippen molar-refractivity contribution in [1.82, 2.24) is 4.98 Å². The summed E-state index contributed by atoms with van der Waals surface area (Å²) in [7, 11) is 0. The second kappa shape index (κ2) is 4.40. The minimum Gasteiger partial charge on any atom is -0.381 e. The molecule has 0 aliphatic rings. The minimum absolute atomic E-state index is 0.456. The molecular weight excluding hydrogens is 211 g/mol. The van der Waals surface area contributed by atoms with Crippen LogP contribution in [0, 0.1) is 12.9 Å². The number of aryl methyl sites for hydroxylation is 1. The molecule has 0 spiro atoms. The lowest BCUT2D eigenvalue weighted by molar-refractivity contribution is 0.584. The molecule has 0 fully saturated rings. The van der Waals surface area contributed by atoms with Gasteiger partial charge in [0.15, 0.2) is 0 Å². The molecular formula is C11H11FN2S. The van der Waals surface area contributed by atoms with Gasteiger partial charge in [0.1, 0.15) is 0 Å². The lowest BCUT2D eigenvalue weighted by Crippen LogP contribution is -2.00. The predicted molar refractivity (Wildman–Crippen MR) is 60.6 cm³/mol. The fraction of sp³-hybridized carbons (Fsp3) is 0.182. The van der Waals surface area contributed by atoms with Crippen LogP contribution in [0.1, 0.15) is 11.1 Å². The van der Waals surface area contributed by atoms with Gasteiger partial charge in [-0.25, -0.2) is 4.98 Å². The Bertz CT molecular complexity index is 453. The molecule has 0 saturated carbocycles. The number of aromatic nitrogens is 1. The summed E-state index contributed by atoms with van der Waals surface area (Å²) in [5.41, 5.74) is 3.27. The second-order valence-corrected chi connectivity index (χ2v) is 4.04. The highest BCUT2D eigenvalue weighted by molar-refractivity contribution is 7.08. The third kappa shape index (κ3) is 2.53. The van der Waals surface area contributed by atoms with Crippen LogP contribution < -0.4 is 5.32 Å². The van der Waals surface area contributed by atoms with Crippen LogP contribution in [0.25, 0.3) is 0 Å². The van der Waals surface area contributed by atoms with Crippen molar-refractivity contribution in [1.29, 1.82) is 0 Å². The average molecular weight is 222 g/mol. The van der Waals surface area contributed by atoms with E-state index < -0.39 is 5.95 Å². The fourth-order valence-electron chi connectivity index (χ4n) is 1.28. The molecule has 78 valence electrons. The summed E-state index contributed by atoms with van der Waals surface area (Å²) in [6.07, 6.45) is 1.46. The predicted octanol–water partition coefficient (Wildman–Crippen LogP) is 3.20. The van der Waals surface area contributed by atoms with Crippen molar-refractivity contribution in [2.75, 3.05) is 5.32 Å². The van der Waals surface area contributed by atoms with Crippen molar-refractivity contribution < 1.29 is 4.39 Å². The summed E-state index contributed by atoms with van der Waals surface area (Å²) in [6.45, 7) is 2.79. The molecule has 0 aliphatic heterocycles. The van der Waals surface area contributed by atoms with Gasteiger partial charge in [0.05, 0.1) is 0 Å². The van der Waals surface area contributed by atoms with E-state index in [1.807, 2.05) is 0 Å². The number of halogens is 1. The van der Waals surface area contributed by atoms with Gasteiger partial charge in [-0.3, -0.25) is 0 Å². The van der Waals surface area contributed by atoms with E-state index in [4.69, 9.17) is 0 Å². The molecule has 1 N–H and O–H groups in total. The van der Waals surface area contributed by atoms with Crippen LogP contribution in [0.3, 0.4) is 0 Å². The SMILES string of the molecule is Cc1cscc1CNc1ccnc(F)c1. The van der Waals surface area contributed by atoms with Gasteiger partial charge in [0.25, 0.3) is 0 Å². The Hall–Kier alpha value is -1.42. The summed E-state index contributed by atoms with van der Waals surface area (Å²) >= 11 is 1.68. The summed E-state index contributed by atoms with van der Waals surface area (Å²) in [4.78, 5) is 3.50. The van der Waals surface area contributed by atoms with Crippen molar-refractivity contribution in [2.45, 2.75) is 13.5 Å². The monoisotopic (exact) mass is 222 g/mol. The van der Waals surface area contributed by atoms with Gasteiger partial charge in [-0.05, 0) is 34.9 Å². The van der Waals surface area contributed by atoms with Gasteiger partial charge in [-0.15, -0.1) is 0 Å². The molecule has 0 saturated heterocycles. The molecule has 4 heteroatoms. The molecule has 2 rings (SSSR count). The van der Waals surface area contributed by atoms with Crippen molar-refractivity contribution >= 4 is 17.0 Å². The zero-order valence-corrected chi connectivity index (χ0v) is 9.14. The number of rotatable bonds is 3. The van der Waals surface area contributed by atoms with Crippen LogP contribution in [0.2, 0.25) is 0 Å². The van der Waals surface area contributed by atoms with E-state index in [-0.39, 0.29) is 0 Å². The van der Waals surface area contributed by atoms with Crippen molar-refractivity contribution in [3.63, 3.8) is 0 Å². The molecule has 0 aliphatic carbocycles. The molecule has 0 aromatic carbocycles. The third-order valence-electron chi connectivity index (χ3n) is 2.17. The molecule has 0 atom stereocenters. The lowest BCUT2D eigenvalue weighted by atomic mass is 10.2. The smallest absolute Gasteiger partial charge is 0.214 e. The number of thiophene rings is 1. The minimum atomic E-state index is -0.456. The standard InChI is InChI=1S/C11H11FN2S/c1-8-6-15-7-9(8)5-14-10-2-3-13-11(12)4-10/h2-4,6-7H,5H2,1H3,(H,13,14). The topological polar surface area (TPSA) is 24.9 Å². The number of nitrogens with zero attached hydrogens (tertiary/aromatic N) is 1. The maximum atomic E-state index is 12.8. The van der Waals surface area contributed by atoms with E-state index in [0.717, 1.165) is 12.2 Å². The number of pyridine rings is 1. The first-order valence-electron chi connectivity index (χ1n) is 4.63. The quantitative estimate of drug-likeness (QED) is 0.807. The lowest BCUT2D eigenvalue weighted by Gasteiger charge is -2.05. The van der Waals surface area contributed by atoms with Gasteiger partial charge in [-0.1, -0.05) is 0 Å². The molecule has 2 heterocycles. The van der Waals surface area contributed by atoms with Gasteiger partial charge in [0.2, 0.25) is 5.95 Å². The fourth-order valence-corrected chi connectivity index (χ4v) is 2.13. The Morgan fingerprint density at radius 1 is 1.47 bits per heavy atom. The first-order chi connectivity index (χ1) is 7.25. The van der Waals surface area contributed by atoms with Gasteiger partial charge < -0.3 is 5.32 Å². The van der Waals surface area contributed by atoms with E-state index in [2.05, 4.69) is 28.0 Å². The van der Waals surface area contributed by atoms with Gasteiger partial charge in [-0.2, -0.15) is 15.7 Å². The Balaban J connectivity index is 2.02. The second-order valence-electron chi connectivity index (χ2n) is 3.30. The Morgan fingerprint density at radius 2 is 2.33 bits per heavy atom. The molecule has 2 aromatic rings. The Labute approximate surface area is 91.8 Å². The first-order valence-corrected chi connectivity index (χ1v) is 5.57. The highest BCUT2D eigenvalue weighted by Gasteiger charge is 1.99. The van der Waals surface area contributed by atoms with E-state index in [0.29, 0.717) is 0 Å². The molecule has 0 amide bonds. The zero-order chi connectivity index (χ0) is 10.7. The van der Waals surface area contributed by atoms with Crippen molar-refractivity contribution in [2.24, 2.45) is 0 Å². The number of hydrogen-bond donors (Lipinski definition) is 1. The zero-order valence-electron chi connectivity index (χ0n) is 8.33. The maximum absolute atomic E-state index is 12.8. The maximum Gasteiger partial charge on any atom is 0.214 e. The normalized spacial score (nSPS) is 10.3. The Morgan fingerprint density at radius 3 is 3.00 bits per heavy atom. The molecule has 0 bridgehead atoms.